The molecule has 32 heavy (non-hydrogen) atoms. The van der Waals surface area contributed by atoms with Crippen molar-refractivity contribution in [3.05, 3.63) is 51.2 Å². The van der Waals surface area contributed by atoms with Gasteiger partial charge in [0, 0.05) is 49.6 Å². The third-order valence-electron chi connectivity index (χ3n) is 5.76. The van der Waals surface area contributed by atoms with E-state index in [-0.39, 0.29) is 30.1 Å². The molecule has 1 aromatic carbocycles. The number of benzene rings is 1. The molecule has 4 rings (SSSR count). The zero-order valence-corrected chi connectivity index (χ0v) is 22.2. The number of hydrogen-bond acceptors (Lipinski definition) is 5. The van der Waals surface area contributed by atoms with E-state index in [0.29, 0.717) is 13.2 Å². The van der Waals surface area contributed by atoms with Crippen LogP contribution in [0.4, 0.5) is 0 Å². The Bertz CT molecular complexity index is 883. The lowest BCUT2D eigenvalue weighted by atomic mass is 10.1. The summed E-state index contributed by atoms with van der Waals surface area (Å²) in [7, 11) is 0. The van der Waals surface area contributed by atoms with E-state index in [2.05, 4.69) is 59.0 Å². The average molecular weight is 571 g/mol. The molecule has 0 radical (unpaired) electrons. The highest BCUT2D eigenvalue weighted by molar-refractivity contribution is 14.0. The molecule has 176 valence electrons. The maximum atomic E-state index is 6.22. The topological polar surface area (TPSA) is 58.1 Å². The molecule has 8 heteroatoms. The van der Waals surface area contributed by atoms with Crippen LogP contribution in [0.25, 0.3) is 0 Å². The molecule has 3 heterocycles. The molecule has 1 fully saturated rings. The van der Waals surface area contributed by atoms with Crippen molar-refractivity contribution in [3.63, 3.8) is 0 Å². The number of aliphatic imine (C=N–C) groups is 1. The average Bonchev–Trinajstić information content (AvgIpc) is 3.44. The number of fused-ring (bicyclic) bond motifs is 1. The van der Waals surface area contributed by atoms with Gasteiger partial charge in [0.2, 0.25) is 0 Å². The zero-order chi connectivity index (χ0) is 21.5. The van der Waals surface area contributed by atoms with E-state index < -0.39 is 0 Å². The quantitative estimate of drug-likeness (QED) is 0.286. The molecule has 1 unspecified atom stereocenters. The molecule has 2 aliphatic heterocycles. The lowest BCUT2D eigenvalue weighted by Gasteiger charge is -2.27. The molecule has 2 aromatic rings. The van der Waals surface area contributed by atoms with Crippen molar-refractivity contribution in [2.24, 2.45) is 4.99 Å². The van der Waals surface area contributed by atoms with Crippen LogP contribution in [0.5, 0.6) is 5.75 Å². The third-order valence-corrected chi connectivity index (χ3v) is 6.79. The van der Waals surface area contributed by atoms with E-state index in [9.17, 15) is 0 Å². The molecule has 0 spiro atoms. The van der Waals surface area contributed by atoms with Crippen LogP contribution < -0.4 is 15.4 Å². The maximum absolute atomic E-state index is 6.22. The predicted molar refractivity (Wildman–Crippen MR) is 143 cm³/mol. The molecule has 0 bridgehead atoms. The Labute approximate surface area is 212 Å². The van der Waals surface area contributed by atoms with E-state index >= 15 is 0 Å². The van der Waals surface area contributed by atoms with E-state index in [4.69, 9.17) is 14.5 Å². The highest BCUT2D eigenvalue weighted by Gasteiger charge is 2.19. The van der Waals surface area contributed by atoms with Crippen molar-refractivity contribution in [3.8, 4) is 5.75 Å². The van der Waals surface area contributed by atoms with Gasteiger partial charge in [-0.2, -0.15) is 0 Å². The molecular weight excluding hydrogens is 535 g/mol. The molecule has 0 saturated carbocycles. The number of halogens is 1. The van der Waals surface area contributed by atoms with Gasteiger partial charge in [0.25, 0.3) is 0 Å². The Morgan fingerprint density at radius 3 is 3.03 bits per heavy atom. The lowest BCUT2D eigenvalue weighted by Crippen LogP contribution is -2.42. The normalized spacial score (nSPS) is 18.7. The van der Waals surface area contributed by atoms with Crippen LogP contribution in [0.3, 0.4) is 0 Å². The van der Waals surface area contributed by atoms with Crippen molar-refractivity contribution >= 4 is 41.3 Å². The summed E-state index contributed by atoms with van der Waals surface area (Å²) in [6.45, 7) is 11.2. The number of aryl methyl sites for hydroxylation is 1. The minimum absolute atomic E-state index is 0. The van der Waals surface area contributed by atoms with Crippen LogP contribution >= 0.6 is 35.3 Å². The lowest BCUT2D eigenvalue weighted by molar-refractivity contribution is 0.140. The number of thiophene rings is 1. The summed E-state index contributed by atoms with van der Waals surface area (Å²) in [6.07, 6.45) is 2.26. The summed E-state index contributed by atoms with van der Waals surface area (Å²) in [5, 5.41) is 9.08. The minimum atomic E-state index is 0. The van der Waals surface area contributed by atoms with E-state index in [1.165, 1.54) is 17.5 Å². The first-order valence-electron chi connectivity index (χ1n) is 11.3. The van der Waals surface area contributed by atoms with Gasteiger partial charge in [-0.25, -0.2) is 4.99 Å². The van der Waals surface area contributed by atoms with Gasteiger partial charge in [-0.15, -0.1) is 35.3 Å². The molecule has 0 amide bonds. The molecule has 1 aromatic heterocycles. The number of guanidine groups is 1. The summed E-state index contributed by atoms with van der Waals surface area (Å²) in [5.74, 6) is 1.78. The molecule has 1 saturated heterocycles. The zero-order valence-electron chi connectivity index (χ0n) is 19.1. The Kier molecular flexibility index (Phi) is 10.1. The van der Waals surface area contributed by atoms with Crippen LogP contribution in [0.1, 0.15) is 34.9 Å². The molecule has 6 nitrogen and oxygen atoms in total. The second-order valence-corrected chi connectivity index (χ2v) is 9.23. The van der Waals surface area contributed by atoms with E-state index in [1.807, 2.05) is 11.3 Å². The van der Waals surface area contributed by atoms with Crippen LogP contribution in [0.2, 0.25) is 0 Å². The van der Waals surface area contributed by atoms with Crippen molar-refractivity contribution in [1.82, 2.24) is 15.5 Å². The Morgan fingerprint density at radius 2 is 2.22 bits per heavy atom. The van der Waals surface area contributed by atoms with Crippen molar-refractivity contribution < 1.29 is 9.47 Å². The predicted octanol–water partition coefficient (Wildman–Crippen LogP) is 3.96. The molecule has 1 atom stereocenters. The van der Waals surface area contributed by atoms with Gasteiger partial charge in [-0.3, -0.25) is 4.90 Å². The van der Waals surface area contributed by atoms with Gasteiger partial charge in [0.05, 0.1) is 19.8 Å². The van der Waals surface area contributed by atoms with Crippen LogP contribution in [-0.2, 0) is 24.2 Å². The number of rotatable bonds is 8. The fourth-order valence-electron chi connectivity index (χ4n) is 4.02. The Balaban J connectivity index is 0.00000289. The highest BCUT2D eigenvalue weighted by Crippen LogP contribution is 2.25. The van der Waals surface area contributed by atoms with Gasteiger partial charge < -0.3 is 20.1 Å². The first kappa shape index (κ1) is 25.3. The second-order valence-electron chi connectivity index (χ2n) is 8.23. The van der Waals surface area contributed by atoms with Gasteiger partial charge in [0.1, 0.15) is 11.9 Å². The van der Waals surface area contributed by atoms with Gasteiger partial charge in [-0.1, -0.05) is 12.1 Å². The summed E-state index contributed by atoms with van der Waals surface area (Å²) < 4.78 is 11.7. The number of nitrogens with one attached hydrogen (secondary N) is 2. The van der Waals surface area contributed by atoms with Crippen LogP contribution in [-0.4, -0.2) is 56.4 Å². The monoisotopic (exact) mass is 570 g/mol. The van der Waals surface area contributed by atoms with Crippen LogP contribution in [0.15, 0.2) is 34.6 Å². The standard InChI is InChI=1S/C24H34N4O2S.HI/c1-3-25-24(26-9-11-28-10-6-23-20(16-28)8-13-31-23)27-15-19-5-4-18(2)14-22(19)30-21-7-12-29-17-21;/h4-5,8,13-14,21H,3,6-7,9-12,15-17H2,1-2H3,(H2,25,26,27);1H. The SMILES string of the molecule is CCNC(=NCc1ccc(C)cc1OC1CCOC1)NCCN1CCc2sccc2C1.I. The summed E-state index contributed by atoms with van der Waals surface area (Å²) >= 11 is 1.89. The first-order valence-corrected chi connectivity index (χ1v) is 12.2. The highest BCUT2D eigenvalue weighted by atomic mass is 127. The molecule has 2 N–H and O–H groups in total. The molecular formula is C24H35IN4O2S. The number of ether oxygens (including phenoxy) is 2. The van der Waals surface area contributed by atoms with Crippen molar-refractivity contribution in [2.75, 3.05) is 39.4 Å². The maximum Gasteiger partial charge on any atom is 0.191 e. The first-order chi connectivity index (χ1) is 15.2. The minimum Gasteiger partial charge on any atom is -0.488 e. The summed E-state index contributed by atoms with van der Waals surface area (Å²) in [6, 6.07) is 8.63. The van der Waals surface area contributed by atoms with E-state index in [1.54, 1.807) is 4.88 Å². The van der Waals surface area contributed by atoms with Crippen molar-refractivity contribution in [1.29, 1.82) is 0 Å². The van der Waals surface area contributed by atoms with Gasteiger partial charge >= 0.3 is 0 Å². The molecule has 0 aliphatic carbocycles. The van der Waals surface area contributed by atoms with Crippen molar-refractivity contribution in [2.45, 2.75) is 45.9 Å². The van der Waals surface area contributed by atoms with Crippen LogP contribution in [0, 0.1) is 6.92 Å². The Hall–Kier alpha value is -1.36. The smallest absolute Gasteiger partial charge is 0.191 e. The number of hydrogen-bond donors (Lipinski definition) is 2. The second kappa shape index (κ2) is 12.8. The van der Waals surface area contributed by atoms with Gasteiger partial charge in [0.15, 0.2) is 5.96 Å². The third kappa shape index (κ3) is 7.07. The molecule has 2 aliphatic rings. The number of nitrogens with zero attached hydrogens (tertiary/aromatic N) is 2. The van der Waals surface area contributed by atoms with Gasteiger partial charge in [-0.05, 0) is 48.9 Å². The summed E-state index contributed by atoms with van der Waals surface area (Å²) in [4.78, 5) is 8.90. The fraction of sp³-hybridized carbons (Fsp3) is 0.542. The summed E-state index contributed by atoms with van der Waals surface area (Å²) in [5.41, 5.74) is 3.80. The fourth-order valence-corrected chi connectivity index (χ4v) is 4.91. The van der Waals surface area contributed by atoms with E-state index in [0.717, 1.165) is 63.0 Å². The largest absolute Gasteiger partial charge is 0.488 e. The Morgan fingerprint density at radius 1 is 1.31 bits per heavy atom.